The predicted octanol–water partition coefficient (Wildman–Crippen LogP) is -1.22. The highest BCUT2D eigenvalue weighted by Crippen LogP contribution is 2.22. The molecule has 2 atom stereocenters. The van der Waals surface area contributed by atoms with E-state index in [1.165, 1.54) is 5.70 Å². The van der Waals surface area contributed by atoms with Crippen LogP contribution >= 0.6 is 0 Å². The van der Waals surface area contributed by atoms with Gasteiger partial charge >= 0.3 is 0 Å². The Kier molecular flexibility index (Phi) is 1.12. The van der Waals surface area contributed by atoms with Crippen LogP contribution in [0.25, 0.3) is 0 Å². The second-order valence-corrected chi connectivity index (χ2v) is 2.83. The van der Waals surface area contributed by atoms with Crippen molar-refractivity contribution in [1.82, 2.24) is 15.8 Å². The molecule has 0 radical (unpaired) electrons. The van der Waals surface area contributed by atoms with E-state index in [1.54, 1.807) is 0 Å². The summed E-state index contributed by atoms with van der Waals surface area (Å²) in [6.07, 6.45) is 2.12. The van der Waals surface area contributed by atoms with Gasteiger partial charge in [-0.05, 0) is 0 Å². The molecule has 2 heterocycles. The molecule has 4 nitrogen and oxygen atoms in total. The van der Waals surface area contributed by atoms with Crippen LogP contribution in [0.4, 0.5) is 0 Å². The second kappa shape index (κ2) is 1.87. The summed E-state index contributed by atoms with van der Waals surface area (Å²) in [7, 11) is 1.96. The van der Waals surface area contributed by atoms with Gasteiger partial charge < -0.3 is 16.5 Å². The van der Waals surface area contributed by atoms with E-state index < -0.39 is 0 Å². The van der Waals surface area contributed by atoms with E-state index in [0.717, 1.165) is 6.54 Å². The largest absolute Gasteiger partial charge is 0.389 e. The number of fused-ring (bicyclic) bond motifs is 1. The number of nitrogens with zero attached hydrogens (tertiary/aromatic N) is 1. The van der Waals surface area contributed by atoms with Gasteiger partial charge in [0.15, 0.2) is 0 Å². The van der Waals surface area contributed by atoms with Crippen LogP contribution in [0.3, 0.4) is 0 Å². The van der Waals surface area contributed by atoms with Crippen molar-refractivity contribution in [2.45, 2.75) is 6.17 Å². The Morgan fingerprint density at radius 3 is 3.30 bits per heavy atom. The van der Waals surface area contributed by atoms with Crippen molar-refractivity contribution in [2.24, 2.45) is 11.7 Å². The molecule has 0 aliphatic carbocycles. The van der Waals surface area contributed by atoms with Gasteiger partial charge in [0.05, 0.1) is 6.17 Å². The zero-order chi connectivity index (χ0) is 7.14. The van der Waals surface area contributed by atoms with Crippen LogP contribution in [0.2, 0.25) is 0 Å². The molecule has 0 aromatic heterocycles. The Morgan fingerprint density at radius 1 is 1.80 bits per heavy atom. The van der Waals surface area contributed by atoms with E-state index in [4.69, 9.17) is 5.73 Å². The summed E-state index contributed by atoms with van der Waals surface area (Å²) in [4.78, 5) is 0. The third-order valence-corrected chi connectivity index (χ3v) is 2.16. The smallest absolute Gasteiger partial charge is 0.0854 e. The van der Waals surface area contributed by atoms with Gasteiger partial charge in [-0.2, -0.15) is 0 Å². The molecule has 56 valence electrons. The molecule has 0 aromatic rings. The van der Waals surface area contributed by atoms with Crippen LogP contribution < -0.4 is 16.5 Å². The fourth-order valence-electron chi connectivity index (χ4n) is 1.48. The standard InChI is InChI=1S/C6H12N4/c1-10-6(7)4-2-8-3-5(4)9-10/h3-4,6,8-9H,2,7H2,1H3. The fourth-order valence-corrected chi connectivity index (χ4v) is 1.48. The first-order chi connectivity index (χ1) is 4.79. The van der Waals surface area contributed by atoms with Gasteiger partial charge in [-0.25, -0.2) is 5.01 Å². The minimum Gasteiger partial charge on any atom is -0.389 e. The molecule has 2 aliphatic rings. The molecule has 4 heteroatoms. The summed E-state index contributed by atoms with van der Waals surface area (Å²) in [5.41, 5.74) is 10.2. The van der Waals surface area contributed by atoms with Crippen LogP contribution in [0.15, 0.2) is 11.9 Å². The van der Waals surface area contributed by atoms with E-state index in [1.807, 2.05) is 18.3 Å². The predicted molar refractivity (Wildman–Crippen MR) is 38.4 cm³/mol. The van der Waals surface area contributed by atoms with Crippen molar-refractivity contribution in [2.75, 3.05) is 13.6 Å². The molecule has 2 aliphatic heterocycles. The van der Waals surface area contributed by atoms with Crippen LogP contribution in [-0.4, -0.2) is 24.8 Å². The Bertz CT molecular complexity index is 177. The monoisotopic (exact) mass is 140 g/mol. The lowest BCUT2D eigenvalue weighted by atomic mass is 10.1. The van der Waals surface area contributed by atoms with E-state index in [0.29, 0.717) is 5.92 Å². The lowest BCUT2D eigenvalue weighted by molar-refractivity contribution is 0.223. The maximum Gasteiger partial charge on any atom is 0.0854 e. The summed E-state index contributed by atoms with van der Waals surface area (Å²) < 4.78 is 0. The number of rotatable bonds is 0. The maximum absolute atomic E-state index is 5.85. The third-order valence-electron chi connectivity index (χ3n) is 2.16. The van der Waals surface area contributed by atoms with Crippen molar-refractivity contribution in [3.63, 3.8) is 0 Å². The third kappa shape index (κ3) is 0.629. The molecule has 0 aromatic carbocycles. The highest BCUT2D eigenvalue weighted by molar-refractivity contribution is 5.16. The van der Waals surface area contributed by atoms with Gasteiger partial charge in [0.2, 0.25) is 0 Å². The normalized spacial score (nSPS) is 38.4. The van der Waals surface area contributed by atoms with Crippen molar-refractivity contribution in [3.8, 4) is 0 Å². The van der Waals surface area contributed by atoms with Gasteiger partial charge in [-0.1, -0.05) is 0 Å². The SMILES string of the molecule is CN1NC2=CNCC2C1N. The van der Waals surface area contributed by atoms with Gasteiger partial charge in [0.25, 0.3) is 0 Å². The lowest BCUT2D eigenvalue weighted by Gasteiger charge is -2.16. The molecule has 0 bridgehead atoms. The van der Waals surface area contributed by atoms with Crippen LogP contribution in [0.1, 0.15) is 0 Å². The number of hydrogen-bond acceptors (Lipinski definition) is 4. The molecule has 1 fully saturated rings. The molecule has 0 amide bonds. The molecular formula is C6H12N4. The van der Waals surface area contributed by atoms with E-state index in [2.05, 4.69) is 10.7 Å². The number of nitrogens with two attached hydrogens (primary N) is 1. The molecule has 0 saturated carbocycles. The minimum atomic E-state index is 0.126. The Morgan fingerprint density at radius 2 is 2.60 bits per heavy atom. The molecular weight excluding hydrogens is 128 g/mol. The summed E-state index contributed by atoms with van der Waals surface area (Å²) in [5.74, 6) is 0.463. The van der Waals surface area contributed by atoms with Gasteiger partial charge in [0, 0.05) is 31.4 Å². The zero-order valence-electron chi connectivity index (χ0n) is 5.96. The van der Waals surface area contributed by atoms with Gasteiger partial charge in [-0.15, -0.1) is 0 Å². The quantitative estimate of drug-likeness (QED) is 0.395. The first kappa shape index (κ1) is 6.00. The van der Waals surface area contributed by atoms with E-state index >= 15 is 0 Å². The maximum atomic E-state index is 5.85. The number of hydrazine groups is 1. The lowest BCUT2D eigenvalue weighted by Crippen LogP contribution is -2.42. The zero-order valence-corrected chi connectivity index (χ0v) is 5.96. The average Bonchev–Trinajstić information content (AvgIpc) is 2.41. The fraction of sp³-hybridized carbons (Fsp3) is 0.667. The van der Waals surface area contributed by atoms with Gasteiger partial charge in [0.1, 0.15) is 0 Å². The average molecular weight is 140 g/mol. The molecule has 10 heavy (non-hydrogen) atoms. The summed E-state index contributed by atoms with van der Waals surface area (Å²) >= 11 is 0. The summed E-state index contributed by atoms with van der Waals surface area (Å²) in [6, 6.07) is 0. The Labute approximate surface area is 60.0 Å². The van der Waals surface area contributed by atoms with E-state index in [-0.39, 0.29) is 6.17 Å². The first-order valence-corrected chi connectivity index (χ1v) is 3.47. The van der Waals surface area contributed by atoms with Crippen molar-refractivity contribution in [3.05, 3.63) is 11.9 Å². The van der Waals surface area contributed by atoms with Crippen LogP contribution in [0, 0.1) is 5.92 Å². The van der Waals surface area contributed by atoms with Gasteiger partial charge in [-0.3, -0.25) is 0 Å². The topological polar surface area (TPSA) is 53.3 Å². The van der Waals surface area contributed by atoms with Crippen molar-refractivity contribution < 1.29 is 0 Å². The van der Waals surface area contributed by atoms with E-state index in [9.17, 15) is 0 Å². The van der Waals surface area contributed by atoms with Crippen LogP contribution in [-0.2, 0) is 0 Å². The Hall–Kier alpha value is -0.740. The first-order valence-electron chi connectivity index (χ1n) is 3.47. The summed E-state index contributed by atoms with van der Waals surface area (Å²) in [5, 5.41) is 5.09. The van der Waals surface area contributed by atoms with Crippen molar-refractivity contribution in [1.29, 1.82) is 0 Å². The summed E-state index contributed by atoms with van der Waals surface area (Å²) in [6.45, 7) is 0.966. The Balaban J connectivity index is 2.21. The molecule has 2 rings (SSSR count). The molecule has 2 unspecified atom stereocenters. The number of hydrogen-bond donors (Lipinski definition) is 3. The molecule has 0 spiro atoms. The van der Waals surface area contributed by atoms with Crippen molar-refractivity contribution >= 4 is 0 Å². The minimum absolute atomic E-state index is 0.126. The molecule has 4 N–H and O–H groups in total. The highest BCUT2D eigenvalue weighted by atomic mass is 15.6. The van der Waals surface area contributed by atoms with Crippen LogP contribution in [0.5, 0.6) is 0 Å². The number of nitrogens with one attached hydrogen (secondary N) is 2. The molecule has 1 saturated heterocycles. The highest BCUT2D eigenvalue weighted by Gasteiger charge is 2.35. The second-order valence-electron chi connectivity index (χ2n) is 2.83.